The Morgan fingerprint density at radius 3 is 1.54 bits per heavy atom. The minimum atomic E-state index is -1.08. The van der Waals surface area contributed by atoms with Crippen LogP contribution in [0.1, 0.15) is 21.5 Å². The van der Waals surface area contributed by atoms with Crippen molar-refractivity contribution in [1.82, 2.24) is 0 Å². The molecule has 0 heterocycles. The number of carbonyl (C=O) groups excluding carboxylic acids is 1. The average Bonchev–Trinajstić information content (AvgIpc) is 2.80. The molecular formula is C26H20OS. The number of benzene rings is 4. The van der Waals surface area contributed by atoms with Gasteiger partial charge in [-0.3, -0.25) is 4.79 Å². The standard InChI is InChI=1S/C26H20OS/c27-25(24-19-11-10-18-23(24)20-12-4-1-5-13-20)26(28,21-14-6-2-7-15-21)22-16-8-3-9-17-22/h1-19,28H. The normalized spacial score (nSPS) is 11.2. The molecule has 0 aliphatic rings. The SMILES string of the molecule is O=C(c1ccccc1-c1ccccc1)C(S)(c1ccccc1)c1ccccc1. The van der Waals surface area contributed by atoms with Crippen LogP contribution in [-0.2, 0) is 4.75 Å². The Labute approximate surface area is 171 Å². The van der Waals surface area contributed by atoms with Gasteiger partial charge in [0.05, 0.1) is 0 Å². The molecule has 0 saturated carbocycles. The summed E-state index contributed by atoms with van der Waals surface area (Å²) in [5, 5.41) is 0. The summed E-state index contributed by atoms with van der Waals surface area (Å²) in [6.07, 6.45) is 0. The lowest BCUT2D eigenvalue weighted by atomic mass is 9.81. The van der Waals surface area contributed by atoms with Gasteiger partial charge in [-0.1, -0.05) is 115 Å². The zero-order valence-electron chi connectivity index (χ0n) is 15.3. The molecule has 4 aromatic rings. The van der Waals surface area contributed by atoms with Crippen molar-refractivity contribution in [1.29, 1.82) is 0 Å². The summed E-state index contributed by atoms with van der Waals surface area (Å²) < 4.78 is -1.08. The zero-order valence-corrected chi connectivity index (χ0v) is 16.2. The van der Waals surface area contributed by atoms with Crippen molar-refractivity contribution in [2.24, 2.45) is 0 Å². The molecular weight excluding hydrogens is 360 g/mol. The lowest BCUT2D eigenvalue weighted by Gasteiger charge is -2.29. The van der Waals surface area contributed by atoms with E-state index in [1.54, 1.807) is 0 Å². The van der Waals surface area contributed by atoms with Gasteiger partial charge in [0.25, 0.3) is 0 Å². The fourth-order valence-electron chi connectivity index (χ4n) is 3.53. The zero-order chi connectivity index (χ0) is 19.4. The largest absolute Gasteiger partial charge is 0.292 e. The first-order valence-electron chi connectivity index (χ1n) is 9.24. The van der Waals surface area contributed by atoms with Crippen LogP contribution in [0.25, 0.3) is 11.1 Å². The first-order valence-corrected chi connectivity index (χ1v) is 9.68. The van der Waals surface area contributed by atoms with Crippen molar-refractivity contribution < 1.29 is 4.79 Å². The van der Waals surface area contributed by atoms with Crippen molar-refractivity contribution >= 4 is 18.4 Å². The highest BCUT2D eigenvalue weighted by Crippen LogP contribution is 2.41. The average molecular weight is 381 g/mol. The number of ketones is 1. The van der Waals surface area contributed by atoms with E-state index >= 15 is 0 Å². The highest BCUT2D eigenvalue weighted by molar-refractivity contribution is 7.82. The van der Waals surface area contributed by atoms with Crippen LogP contribution in [0.15, 0.2) is 115 Å². The third kappa shape index (κ3) is 3.28. The van der Waals surface area contributed by atoms with Crippen LogP contribution >= 0.6 is 12.6 Å². The Hall–Kier alpha value is -3.10. The van der Waals surface area contributed by atoms with Crippen LogP contribution in [0.3, 0.4) is 0 Å². The van der Waals surface area contributed by atoms with Crippen molar-refractivity contribution in [3.8, 4) is 11.1 Å². The summed E-state index contributed by atoms with van der Waals surface area (Å²) in [5.41, 5.74) is 4.31. The van der Waals surface area contributed by atoms with E-state index in [0.717, 1.165) is 22.3 Å². The highest BCUT2D eigenvalue weighted by Gasteiger charge is 2.39. The van der Waals surface area contributed by atoms with Gasteiger partial charge in [0.15, 0.2) is 5.78 Å². The molecule has 0 aromatic heterocycles. The number of thiol groups is 1. The number of Topliss-reactive ketones (excluding diaryl/α,β-unsaturated/α-hetero) is 1. The van der Waals surface area contributed by atoms with Crippen LogP contribution in [0.2, 0.25) is 0 Å². The van der Waals surface area contributed by atoms with Crippen molar-refractivity contribution in [2.75, 3.05) is 0 Å². The van der Waals surface area contributed by atoms with Crippen LogP contribution in [0.4, 0.5) is 0 Å². The number of hydrogen-bond donors (Lipinski definition) is 1. The Balaban J connectivity index is 1.92. The van der Waals surface area contributed by atoms with E-state index in [0.29, 0.717) is 5.56 Å². The second-order valence-corrected chi connectivity index (χ2v) is 7.35. The van der Waals surface area contributed by atoms with Gasteiger partial charge in [0.1, 0.15) is 4.75 Å². The highest BCUT2D eigenvalue weighted by atomic mass is 32.1. The minimum Gasteiger partial charge on any atom is -0.292 e. The van der Waals surface area contributed by atoms with Gasteiger partial charge in [-0.2, -0.15) is 12.6 Å². The summed E-state index contributed by atoms with van der Waals surface area (Å²) in [5.74, 6) is -0.0345. The molecule has 4 rings (SSSR count). The van der Waals surface area contributed by atoms with E-state index < -0.39 is 4.75 Å². The molecule has 0 radical (unpaired) electrons. The molecule has 0 atom stereocenters. The topological polar surface area (TPSA) is 17.1 Å². The van der Waals surface area contributed by atoms with Crippen LogP contribution in [-0.4, -0.2) is 5.78 Å². The summed E-state index contributed by atoms with van der Waals surface area (Å²) >= 11 is 5.01. The van der Waals surface area contributed by atoms with Crippen LogP contribution in [0, 0.1) is 0 Å². The molecule has 0 bridgehead atoms. The summed E-state index contributed by atoms with van der Waals surface area (Å²) in [4.78, 5) is 14.0. The van der Waals surface area contributed by atoms with E-state index in [2.05, 4.69) is 0 Å². The van der Waals surface area contributed by atoms with E-state index in [-0.39, 0.29) is 5.78 Å². The predicted molar refractivity (Wildman–Crippen MR) is 119 cm³/mol. The molecule has 0 fully saturated rings. The number of carbonyl (C=O) groups is 1. The van der Waals surface area contributed by atoms with Crippen molar-refractivity contribution in [2.45, 2.75) is 4.75 Å². The fourth-order valence-corrected chi connectivity index (χ4v) is 3.95. The second-order valence-electron chi connectivity index (χ2n) is 6.68. The van der Waals surface area contributed by atoms with E-state index in [1.165, 1.54) is 0 Å². The smallest absolute Gasteiger partial charge is 0.188 e. The molecule has 0 amide bonds. The maximum absolute atomic E-state index is 14.0. The van der Waals surface area contributed by atoms with Gasteiger partial charge >= 0.3 is 0 Å². The molecule has 4 aromatic carbocycles. The molecule has 0 aliphatic carbocycles. The van der Waals surface area contributed by atoms with E-state index in [4.69, 9.17) is 12.6 Å². The quantitative estimate of drug-likeness (QED) is 0.313. The molecule has 1 nitrogen and oxygen atoms in total. The van der Waals surface area contributed by atoms with E-state index in [9.17, 15) is 4.79 Å². The van der Waals surface area contributed by atoms with Gasteiger partial charge in [-0.25, -0.2) is 0 Å². The van der Waals surface area contributed by atoms with Gasteiger partial charge in [0, 0.05) is 5.56 Å². The summed E-state index contributed by atoms with van der Waals surface area (Å²) in [6.45, 7) is 0. The lowest BCUT2D eigenvalue weighted by Crippen LogP contribution is -2.32. The van der Waals surface area contributed by atoms with E-state index in [1.807, 2.05) is 115 Å². The van der Waals surface area contributed by atoms with Gasteiger partial charge in [-0.05, 0) is 22.3 Å². The minimum absolute atomic E-state index is 0.0345. The lowest BCUT2D eigenvalue weighted by molar-refractivity contribution is 0.0960. The second kappa shape index (κ2) is 7.87. The van der Waals surface area contributed by atoms with Gasteiger partial charge in [0.2, 0.25) is 0 Å². The molecule has 0 spiro atoms. The Morgan fingerprint density at radius 1 is 0.571 bits per heavy atom. The molecule has 0 N–H and O–H groups in total. The predicted octanol–water partition coefficient (Wildman–Crippen LogP) is 6.41. The molecule has 28 heavy (non-hydrogen) atoms. The maximum atomic E-state index is 14.0. The number of hydrogen-bond acceptors (Lipinski definition) is 2. The molecule has 0 aliphatic heterocycles. The third-order valence-corrected chi connectivity index (χ3v) is 5.69. The Morgan fingerprint density at radius 2 is 1.00 bits per heavy atom. The van der Waals surface area contributed by atoms with Gasteiger partial charge in [-0.15, -0.1) is 0 Å². The van der Waals surface area contributed by atoms with Gasteiger partial charge < -0.3 is 0 Å². The Bertz CT molecular complexity index is 1030. The third-order valence-electron chi connectivity index (χ3n) is 4.97. The molecule has 0 unspecified atom stereocenters. The summed E-state index contributed by atoms with van der Waals surface area (Å²) in [7, 11) is 0. The van der Waals surface area contributed by atoms with Crippen molar-refractivity contribution in [3.63, 3.8) is 0 Å². The first-order chi connectivity index (χ1) is 13.7. The maximum Gasteiger partial charge on any atom is 0.188 e. The van der Waals surface area contributed by atoms with Crippen molar-refractivity contribution in [3.05, 3.63) is 132 Å². The first kappa shape index (κ1) is 18.3. The molecule has 0 saturated heterocycles. The fraction of sp³-hybridized carbons (Fsp3) is 0.0385. The number of rotatable bonds is 5. The van der Waals surface area contributed by atoms with Crippen LogP contribution < -0.4 is 0 Å². The monoisotopic (exact) mass is 380 g/mol. The van der Waals surface area contributed by atoms with Crippen LogP contribution in [0.5, 0.6) is 0 Å². The summed E-state index contributed by atoms with van der Waals surface area (Å²) in [6, 6.07) is 37.3. The Kier molecular flexibility index (Phi) is 5.14. The molecule has 2 heteroatoms. The molecule has 136 valence electrons.